The number of guanidine groups is 1. The highest BCUT2D eigenvalue weighted by atomic mass is 15.3. The smallest absolute Gasteiger partial charge is 0.194 e. The van der Waals surface area contributed by atoms with Crippen LogP contribution in [0.5, 0.6) is 0 Å². The maximum Gasteiger partial charge on any atom is 0.194 e. The molecular formula is C17H26N4. The Kier molecular flexibility index (Phi) is 5.26. The summed E-state index contributed by atoms with van der Waals surface area (Å²) in [5.74, 6) is 0.968. The fourth-order valence-corrected chi connectivity index (χ4v) is 2.73. The third-order valence-corrected chi connectivity index (χ3v) is 4.11. The monoisotopic (exact) mass is 286 g/mol. The van der Waals surface area contributed by atoms with Crippen molar-refractivity contribution in [1.29, 1.82) is 0 Å². The second-order valence-corrected chi connectivity index (χ2v) is 5.41. The summed E-state index contributed by atoms with van der Waals surface area (Å²) in [6.45, 7) is 12.9. The van der Waals surface area contributed by atoms with E-state index in [4.69, 9.17) is 0 Å². The van der Waals surface area contributed by atoms with E-state index in [0.717, 1.165) is 38.7 Å². The number of aryl methyl sites for hydroxylation is 1. The number of nitrogens with zero attached hydrogens (tertiary/aromatic N) is 3. The van der Waals surface area contributed by atoms with E-state index >= 15 is 0 Å². The minimum Gasteiger partial charge on any atom is -0.368 e. The number of hydrogen-bond acceptors (Lipinski definition) is 2. The highest BCUT2D eigenvalue weighted by Crippen LogP contribution is 2.23. The van der Waals surface area contributed by atoms with Crippen molar-refractivity contribution in [2.45, 2.75) is 13.8 Å². The molecule has 1 saturated heterocycles. The molecule has 2 rings (SSSR count). The van der Waals surface area contributed by atoms with E-state index in [9.17, 15) is 0 Å². The number of piperazine rings is 1. The first-order chi connectivity index (χ1) is 10.2. The fraction of sp³-hybridized carbons (Fsp3) is 0.471. The Morgan fingerprint density at radius 1 is 1.29 bits per heavy atom. The van der Waals surface area contributed by atoms with Crippen LogP contribution in [0, 0.1) is 13.8 Å². The van der Waals surface area contributed by atoms with Crippen molar-refractivity contribution >= 4 is 11.6 Å². The largest absolute Gasteiger partial charge is 0.368 e. The fourth-order valence-electron chi connectivity index (χ4n) is 2.73. The topological polar surface area (TPSA) is 30.9 Å². The van der Waals surface area contributed by atoms with Crippen molar-refractivity contribution in [1.82, 2.24) is 10.2 Å². The first kappa shape index (κ1) is 15.4. The lowest BCUT2D eigenvalue weighted by atomic mass is 10.1. The predicted octanol–water partition coefficient (Wildman–Crippen LogP) is 2.19. The van der Waals surface area contributed by atoms with Crippen LogP contribution in [0.1, 0.15) is 11.1 Å². The summed E-state index contributed by atoms with van der Waals surface area (Å²) < 4.78 is 0. The standard InChI is InChI=1S/C17H26N4/c1-5-9-19-17(18-4)21-12-10-20(11-13-21)16-8-6-7-14(2)15(16)3/h5-8H,1,9-13H2,2-4H3,(H,18,19). The van der Waals surface area contributed by atoms with Crippen molar-refractivity contribution in [2.24, 2.45) is 4.99 Å². The molecule has 114 valence electrons. The summed E-state index contributed by atoms with van der Waals surface area (Å²) in [5.41, 5.74) is 4.11. The zero-order valence-electron chi connectivity index (χ0n) is 13.4. The van der Waals surface area contributed by atoms with Crippen LogP contribution in [0.2, 0.25) is 0 Å². The molecule has 1 aliphatic heterocycles. The summed E-state index contributed by atoms with van der Waals surface area (Å²) in [6, 6.07) is 6.55. The van der Waals surface area contributed by atoms with Gasteiger partial charge in [0.2, 0.25) is 0 Å². The van der Waals surface area contributed by atoms with Gasteiger partial charge in [-0.3, -0.25) is 4.99 Å². The summed E-state index contributed by atoms with van der Waals surface area (Å²) >= 11 is 0. The van der Waals surface area contributed by atoms with Crippen molar-refractivity contribution in [3.8, 4) is 0 Å². The maximum atomic E-state index is 4.34. The summed E-state index contributed by atoms with van der Waals surface area (Å²) in [4.78, 5) is 9.13. The molecule has 0 saturated carbocycles. The van der Waals surface area contributed by atoms with E-state index in [1.54, 1.807) is 0 Å². The molecule has 0 unspecified atom stereocenters. The van der Waals surface area contributed by atoms with Crippen LogP contribution in [0.15, 0.2) is 35.8 Å². The Morgan fingerprint density at radius 3 is 2.62 bits per heavy atom. The Labute approximate surface area is 128 Å². The number of hydrogen-bond donors (Lipinski definition) is 1. The minimum absolute atomic E-state index is 0.754. The van der Waals surface area contributed by atoms with E-state index in [0.29, 0.717) is 0 Å². The molecule has 0 aliphatic carbocycles. The second-order valence-electron chi connectivity index (χ2n) is 5.41. The molecule has 0 aromatic heterocycles. The molecule has 1 fully saturated rings. The first-order valence-electron chi connectivity index (χ1n) is 7.55. The molecule has 1 N–H and O–H groups in total. The molecule has 0 amide bonds. The maximum absolute atomic E-state index is 4.34. The van der Waals surface area contributed by atoms with Crippen LogP contribution in [-0.2, 0) is 0 Å². The third-order valence-electron chi connectivity index (χ3n) is 4.11. The van der Waals surface area contributed by atoms with Crippen LogP contribution in [0.3, 0.4) is 0 Å². The van der Waals surface area contributed by atoms with Gasteiger partial charge in [0.15, 0.2) is 5.96 Å². The van der Waals surface area contributed by atoms with Gasteiger partial charge in [-0.2, -0.15) is 0 Å². The Hall–Kier alpha value is -1.97. The summed E-state index contributed by atoms with van der Waals surface area (Å²) in [7, 11) is 1.84. The van der Waals surface area contributed by atoms with E-state index in [-0.39, 0.29) is 0 Å². The van der Waals surface area contributed by atoms with Gasteiger partial charge in [-0.15, -0.1) is 6.58 Å². The summed E-state index contributed by atoms with van der Waals surface area (Å²) in [6.07, 6.45) is 1.86. The average molecular weight is 286 g/mol. The molecule has 0 bridgehead atoms. The second kappa shape index (κ2) is 7.16. The Balaban J connectivity index is 2.00. The van der Waals surface area contributed by atoms with Crippen molar-refractivity contribution in [3.05, 3.63) is 42.0 Å². The van der Waals surface area contributed by atoms with E-state index in [1.807, 2.05) is 13.1 Å². The minimum atomic E-state index is 0.754. The van der Waals surface area contributed by atoms with E-state index in [2.05, 4.69) is 58.7 Å². The lowest BCUT2D eigenvalue weighted by molar-refractivity contribution is 0.374. The molecule has 0 radical (unpaired) electrons. The number of aliphatic imine (C=N–C) groups is 1. The number of anilines is 1. The molecule has 1 aromatic carbocycles. The van der Waals surface area contributed by atoms with Crippen LogP contribution in [0.4, 0.5) is 5.69 Å². The number of nitrogens with one attached hydrogen (secondary N) is 1. The third kappa shape index (κ3) is 3.57. The molecular weight excluding hydrogens is 260 g/mol. The Bertz CT molecular complexity index is 514. The van der Waals surface area contributed by atoms with Crippen molar-refractivity contribution in [3.63, 3.8) is 0 Å². The normalized spacial score (nSPS) is 16.0. The quantitative estimate of drug-likeness (QED) is 0.525. The molecule has 1 aromatic rings. The molecule has 0 spiro atoms. The first-order valence-corrected chi connectivity index (χ1v) is 7.55. The lowest BCUT2D eigenvalue weighted by Crippen LogP contribution is -2.52. The van der Waals surface area contributed by atoms with Crippen molar-refractivity contribution in [2.75, 3.05) is 44.7 Å². The van der Waals surface area contributed by atoms with Crippen LogP contribution < -0.4 is 10.2 Å². The molecule has 1 aliphatic rings. The van der Waals surface area contributed by atoms with E-state index in [1.165, 1.54) is 16.8 Å². The highest BCUT2D eigenvalue weighted by molar-refractivity contribution is 5.80. The number of rotatable bonds is 3. The molecule has 4 heteroatoms. The Morgan fingerprint density at radius 2 is 2.00 bits per heavy atom. The average Bonchev–Trinajstić information content (AvgIpc) is 2.51. The van der Waals surface area contributed by atoms with Gasteiger partial charge in [-0.25, -0.2) is 0 Å². The van der Waals surface area contributed by atoms with E-state index < -0.39 is 0 Å². The van der Waals surface area contributed by atoms with Gasteiger partial charge in [0.1, 0.15) is 0 Å². The van der Waals surface area contributed by atoms with Crippen molar-refractivity contribution < 1.29 is 0 Å². The summed E-state index contributed by atoms with van der Waals surface area (Å²) in [5, 5.41) is 3.30. The predicted molar refractivity (Wildman–Crippen MR) is 91.3 cm³/mol. The van der Waals surface area contributed by atoms with Gasteiger partial charge < -0.3 is 15.1 Å². The van der Waals surface area contributed by atoms with Gasteiger partial charge in [-0.1, -0.05) is 18.2 Å². The van der Waals surface area contributed by atoms with Crippen LogP contribution >= 0.6 is 0 Å². The SMILES string of the molecule is C=CCNC(=NC)N1CCN(c2cccc(C)c2C)CC1. The van der Waals surface area contributed by atoms with Crippen LogP contribution in [0.25, 0.3) is 0 Å². The molecule has 0 atom stereocenters. The van der Waals surface area contributed by atoms with Gasteiger partial charge in [0.05, 0.1) is 0 Å². The zero-order chi connectivity index (χ0) is 15.2. The number of benzene rings is 1. The zero-order valence-corrected chi connectivity index (χ0v) is 13.4. The lowest BCUT2D eigenvalue weighted by Gasteiger charge is -2.38. The van der Waals surface area contributed by atoms with Gasteiger partial charge in [-0.05, 0) is 31.0 Å². The van der Waals surface area contributed by atoms with Gasteiger partial charge in [0, 0.05) is 45.5 Å². The van der Waals surface area contributed by atoms with Gasteiger partial charge >= 0.3 is 0 Å². The van der Waals surface area contributed by atoms with Crippen LogP contribution in [-0.4, -0.2) is 50.6 Å². The van der Waals surface area contributed by atoms with Gasteiger partial charge in [0.25, 0.3) is 0 Å². The molecule has 21 heavy (non-hydrogen) atoms. The highest BCUT2D eigenvalue weighted by Gasteiger charge is 2.20. The molecule has 1 heterocycles. The molecule has 4 nitrogen and oxygen atoms in total.